The number of carbonyl (C=O) groups is 1. The third-order valence-corrected chi connectivity index (χ3v) is 5.65. The van der Waals surface area contributed by atoms with Crippen molar-refractivity contribution in [2.24, 2.45) is 0 Å². The number of halogens is 1. The average Bonchev–Trinajstić information content (AvgIpc) is 2.85. The molecule has 1 aliphatic heterocycles. The van der Waals surface area contributed by atoms with E-state index in [9.17, 15) is 17.6 Å². The van der Waals surface area contributed by atoms with Crippen molar-refractivity contribution in [3.8, 4) is 0 Å². The van der Waals surface area contributed by atoms with Gasteiger partial charge in [0.05, 0.1) is 11.0 Å². The monoisotopic (exact) mass is 374 g/mol. The Hall–Kier alpha value is -2.31. The lowest BCUT2D eigenvalue weighted by atomic mass is 9.85. The Morgan fingerprint density at radius 1 is 1.12 bits per heavy atom. The normalized spacial score (nSPS) is 23.3. The first-order valence-electron chi connectivity index (χ1n) is 8.11. The van der Waals surface area contributed by atoms with E-state index >= 15 is 0 Å². The molecular formula is C20H19FO4S. The van der Waals surface area contributed by atoms with Crippen LogP contribution in [0.5, 0.6) is 0 Å². The topological polar surface area (TPSA) is 60.4 Å². The highest BCUT2D eigenvalue weighted by molar-refractivity contribution is 7.90. The van der Waals surface area contributed by atoms with Gasteiger partial charge < -0.3 is 4.74 Å². The Morgan fingerprint density at radius 2 is 1.77 bits per heavy atom. The molecule has 0 aromatic heterocycles. The summed E-state index contributed by atoms with van der Waals surface area (Å²) in [6.45, 7) is 3.46. The summed E-state index contributed by atoms with van der Waals surface area (Å²) in [5.74, 6) is -0.408. The SMILES string of the molecule is CC1OC(C)(C=O)C(c2cccc(F)c2)=C1c1ccc(S(C)(=O)=O)cc1. The summed E-state index contributed by atoms with van der Waals surface area (Å²) in [6.07, 6.45) is 1.44. The van der Waals surface area contributed by atoms with Crippen molar-refractivity contribution >= 4 is 27.3 Å². The third-order valence-electron chi connectivity index (χ3n) is 4.53. The molecule has 0 saturated carbocycles. The van der Waals surface area contributed by atoms with Crippen LogP contribution in [-0.2, 0) is 19.4 Å². The first kappa shape index (κ1) is 18.5. The van der Waals surface area contributed by atoms with Crippen LogP contribution >= 0.6 is 0 Å². The van der Waals surface area contributed by atoms with Gasteiger partial charge >= 0.3 is 0 Å². The maximum Gasteiger partial charge on any atom is 0.175 e. The molecule has 136 valence electrons. The molecule has 0 aliphatic carbocycles. The van der Waals surface area contributed by atoms with Gasteiger partial charge in [-0.05, 0) is 54.8 Å². The molecule has 1 heterocycles. The number of sulfone groups is 1. The minimum Gasteiger partial charge on any atom is -0.355 e. The molecule has 0 amide bonds. The summed E-state index contributed by atoms with van der Waals surface area (Å²) in [4.78, 5) is 12.0. The summed E-state index contributed by atoms with van der Waals surface area (Å²) >= 11 is 0. The van der Waals surface area contributed by atoms with Crippen LogP contribution in [-0.4, -0.2) is 32.7 Å². The maximum absolute atomic E-state index is 13.8. The van der Waals surface area contributed by atoms with Crippen LogP contribution in [0.2, 0.25) is 0 Å². The summed E-state index contributed by atoms with van der Waals surface area (Å²) in [7, 11) is -3.31. The van der Waals surface area contributed by atoms with Crippen molar-refractivity contribution in [3.63, 3.8) is 0 Å². The van der Waals surface area contributed by atoms with Crippen molar-refractivity contribution in [1.82, 2.24) is 0 Å². The van der Waals surface area contributed by atoms with Gasteiger partial charge in [-0.1, -0.05) is 24.3 Å². The minimum atomic E-state index is -3.31. The molecule has 3 rings (SSSR count). The quantitative estimate of drug-likeness (QED) is 0.769. The molecule has 2 unspecified atom stereocenters. The predicted octanol–water partition coefficient (Wildman–Crippen LogP) is 3.52. The summed E-state index contributed by atoms with van der Waals surface area (Å²) in [5.41, 5.74) is 1.41. The van der Waals surface area contributed by atoms with Crippen molar-refractivity contribution in [2.45, 2.75) is 30.4 Å². The minimum absolute atomic E-state index is 0.207. The molecule has 26 heavy (non-hydrogen) atoms. The van der Waals surface area contributed by atoms with Gasteiger partial charge in [-0.2, -0.15) is 0 Å². The fraction of sp³-hybridized carbons (Fsp3) is 0.250. The number of ether oxygens (including phenoxy) is 1. The van der Waals surface area contributed by atoms with Gasteiger partial charge in [0.25, 0.3) is 0 Å². The van der Waals surface area contributed by atoms with Crippen molar-refractivity contribution in [2.75, 3.05) is 6.26 Å². The number of hydrogen-bond donors (Lipinski definition) is 0. The molecule has 0 fully saturated rings. The van der Waals surface area contributed by atoms with E-state index in [1.807, 2.05) is 6.92 Å². The zero-order chi connectivity index (χ0) is 19.1. The Balaban J connectivity index is 2.24. The zero-order valence-electron chi connectivity index (χ0n) is 14.7. The van der Waals surface area contributed by atoms with Gasteiger partial charge in [0.1, 0.15) is 11.4 Å². The average molecular weight is 374 g/mol. The predicted molar refractivity (Wildman–Crippen MR) is 97.8 cm³/mol. The van der Waals surface area contributed by atoms with Gasteiger partial charge in [-0.15, -0.1) is 0 Å². The van der Waals surface area contributed by atoms with Crippen molar-refractivity contribution in [3.05, 3.63) is 65.5 Å². The smallest absolute Gasteiger partial charge is 0.175 e. The fourth-order valence-electron chi connectivity index (χ4n) is 3.39. The number of aldehydes is 1. The van der Waals surface area contributed by atoms with Crippen molar-refractivity contribution in [1.29, 1.82) is 0 Å². The summed E-state index contributed by atoms with van der Waals surface area (Å²) in [6, 6.07) is 12.4. The van der Waals surface area contributed by atoms with Crippen LogP contribution in [0.25, 0.3) is 11.1 Å². The molecule has 0 saturated heterocycles. The second kappa shape index (κ2) is 6.45. The van der Waals surface area contributed by atoms with E-state index in [1.165, 1.54) is 24.3 Å². The van der Waals surface area contributed by atoms with Crippen LogP contribution in [0.1, 0.15) is 25.0 Å². The number of carbonyl (C=O) groups excluding carboxylic acids is 1. The van der Waals surface area contributed by atoms with E-state index in [4.69, 9.17) is 4.74 Å². The van der Waals surface area contributed by atoms with Crippen LogP contribution in [0.15, 0.2) is 53.4 Å². The van der Waals surface area contributed by atoms with Crippen molar-refractivity contribution < 1.29 is 22.3 Å². The largest absolute Gasteiger partial charge is 0.355 e. The lowest BCUT2D eigenvalue weighted by Gasteiger charge is -2.21. The van der Waals surface area contributed by atoms with E-state index in [-0.39, 0.29) is 4.90 Å². The summed E-state index contributed by atoms with van der Waals surface area (Å²) < 4.78 is 43.0. The van der Waals surface area contributed by atoms with E-state index in [0.717, 1.165) is 17.4 Å². The number of hydrogen-bond acceptors (Lipinski definition) is 4. The third kappa shape index (κ3) is 3.22. The molecular weight excluding hydrogens is 355 g/mol. The lowest BCUT2D eigenvalue weighted by Crippen LogP contribution is -2.29. The molecule has 0 radical (unpaired) electrons. The van der Waals surface area contributed by atoms with Crippen LogP contribution < -0.4 is 0 Å². The Morgan fingerprint density at radius 3 is 2.31 bits per heavy atom. The van der Waals surface area contributed by atoms with Gasteiger partial charge in [0, 0.05) is 11.8 Å². The van der Waals surface area contributed by atoms with Crippen LogP contribution in [0.3, 0.4) is 0 Å². The summed E-state index contributed by atoms with van der Waals surface area (Å²) in [5, 5.41) is 0. The van der Waals surface area contributed by atoms with Gasteiger partial charge in [0.15, 0.2) is 16.1 Å². The van der Waals surface area contributed by atoms with Gasteiger partial charge in [-0.3, -0.25) is 4.79 Å². The molecule has 0 bridgehead atoms. The first-order chi connectivity index (χ1) is 12.2. The van der Waals surface area contributed by atoms with Gasteiger partial charge in [-0.25, -0.2) is 12.8 Å². The highest BCUT2D eigenvalue weighted by Gasteiger charge is 2.43. The van der Waals surface area contributed by atoms with E-state index in [2.05, 4.69) is 0 Å². The molecule has 2 aromatic carbocycles. The standard InChI is InChI=1S/C20H19FO4S/c1-13-18(14-7-9-17(10-8-14)26(3,23)24)19(20(2,12-22)25-13)15-5-4-6-16(21)11-15/h4-13H,1-3H3. The Bertz CT molecular complexity index is 993. The molecule has 0 N–H and O–H groups in total. The van der Waals surface area contributed by atoms with Crippen LogP contribution in [0.4, 0.5) is 4.39 Å². The lowest BCUT2D eigenvalue weighted by molar-refractivity contribution is -0.123. The van der Waals surface area contributed by atoms with E-state index in [0.29, 0.717) is 17.4 Å². The zero-order valence-corrected chi connectivity index (χ0v) is 15.5. The second-order valence-corrected chi connectivity index (χ2v) is 8.60. The second-order valence-electron chi connectivity index (χ2n) is 6.58. The Labute approximate surface area is 152 Å². The Kier molecular flexibility index (Phi) is 4.58. The van der Waals surface area contributed by atoms with Crippen LogP contribution in [0, 0.1) is 5.82 Å². The molecule has 2 atom stereocenters. The molecule has 1 aliphatic rings. The number of rotatable bonds is 4. The highest BCUT2D eigenvalue weighted by atomic mass is 32.2. The first-order valence-corrected chi connectivity index (χ1v) is 10.00. The van der Waals surface area contributed by atoms with E-state index < -0.39 is 27.4 Å². The molecule has 2 aromatic rings. The molecule has 6 heteroatoms. The fourth-order valence-corrected chi connectivity index (χ4v) is 4.02. The highest BCUT2D eigenvalue weighted by Crippen LogP contribution is 2.45. The van der Waals surface area contributed by atoms with Gasteiger partial charge in [0.2, 0.25) is 0 Å². The number of benzene rings is 2. The molecule has 0 spiro atoms. The maximum atomic E-state index is 13.8. The molecule has 4 nitrogen and oxygen atoms in total. The van der Waals surface area contributed by atoms with E-state index in [1.54, 1.807) is 31.2 Å².